The molecule has 2 N–H and O–H groups in total. The van der Waals surface area contributed by atoms with Crippen LogP contribution in [0.1, 0.15) is 23.2 Å². The summed E-state index contributed by atoms with van der Waals surface area (Å²) in [5.41, 5.74) is 0.411. The van der Waals surface area contributed by atoms with Gasteiger partial charge in [-0.25, -0.2) is 8.42 Å². The molecule has 0 bridgehead atoms. The molecule has 0 radical (unpaired) electrons. The Kier molecular flexibility index (Phi) is 6.17. The topological polar surface area (TPSA) is 95.6 Å². The van der Waals surface area contributed by atoms with Crippen molar-refractivity contribution in [3.05, 3.63) is 29.8 Å². The summed E-state index contributed by atoms with van der Waals surface area (Å²) >= 11 is 0. The first kappa shape index (κ1) is 19.0. The maximum atomic E-state index is 12.5. The van der Waals surface area contributed by atoms with Crippen LogP contribution in [0.5, 0.6) is 0 Å². The normalized spacial score (nSPS) is 15.4. The van der Waals surface area contributed by atoms with Gasteiger partial charge in [0.25, 0.3) is 5.91 Å². The van der Waals surface area contributed by atoms with Crippen LogP contribution in [0.4, 0.5) is 0 Å². The van der Waals surface area contributed by atoms with Crippen molar-refractivity contribution in [1.29, 1.82) is 0 Å². The fourth-order valence-electron chi connectivity index (χ4n) is 2.73. The number of piperidine rings is 1. The Labute approximate surface area is 147 Å². The summed E-state index contributed by atoms with van der Waals surface area (Å²) in [6, 6.07) is 5.72. The predicted octanol–water partition coefficient (Wildman–Crippen LogP) is 0.196. The van der Waals surface area contributed by atoms with E-state index in [1.807, 2.05) is 0 Å². The molecule has 1 aliphatic rings. The zero-order valence-corrected chi connectivity index (χ0v) is 14.8. The molecule has 1 saturated heterocycles. The molecule has 1 fully saturated rings. The highest BCUT2D eigenvalue weighted by atomic mass is 32.2. The lowest BCUT2D eigenvalue weighted by Gasteiger charge is -2.31. The predicted molar refractivity (Wildman–Crippen MR) is 93.2 cm³/mol. The lowest BCUT2D eigenvalue weighted by atomic mass is 9.95. The van der Waals surface area contributed by atoms with E-state index >= 15 is 0 Å². The average molecular weight is 363 g/mol. The first-order valence-electron chi connectivity index (χ1n) is 7.93. The Hall–Kier alpha value is -2.37. The van der Waals surface area contributed by atoms with Gasteiger partial charge in [0.1, 0.15) is 0 Å². The summed E-state index contributed by atoms with van der Waals surface area (Å²) < 4.78 is 26.2. The minimum atomic E-state index is -3.67. The van der Waals surface area contributed by atoms with Crippen LogP contribution in [-0.4, -0.2) is 51.8 Å². The van der Waals surface area contributed by atoms with Gasteiger partial charge in [0.05, 0.1) is 11.4 Å². The lowest BCUT2D eigenvalue weighted by molar-refractivity contribution is -0.125. The van der Waals surface area contributed by atoms with Crippen molar-refractivity contribution in [2.24, 2.45) is 5.92 Å². The fraction of sp³-hybridized carbons (Fsp3) is 0.412. The smallest absolute Gasteiger partial charge is 0.253 e. The lowest BCUT2D eigenvalue weighted by Crippen LogP contribution is -2.42. The number of nitrogens with zero attached hydrogens (tertiary/aromatic N) is 1. The van der Waals surface area contributed by atoms with Gasteiger partial charge in [0.2, 0.25) is 15.9 Å². The first-order chi connectivity index (χ1) is 11.9. The van der Waals surface area contributed by atoms with Crippen molar-refractivity contribution in [2.75, 3.05) is 26.7 Å². The third-order valence-electron chi connectivity index (χ3n) is 4.18. The maximum absolute atomic E-state index is 12.5. The number of benzene rings is 1. The van der Waals surface area contributed by atoms with E-state index in [9.17, 15) is 18.0 Å². The molecule has 1 aliphatic heterocycles. The molecule has 0 aromatic heterocycles. The molecule has 8 heteroatoms. The number of hydrogen-bond donors (Lipinski definition) is 2. The Morgan fingerprint density at radius 1 is 1.24 bits per heavy atom. The molecule has 0 spiro atoms. The highest BCUT2D eigenvalue weighted by molar-refractivity contribution is 7.89. The van der Waals surface area contributed by atoms with Gasteiger partial charge in [0.15, 0.2) is 0 Å². The largest absolute Gasteiger partial charge is 0.359 e. The van der Waals surface area contributed by atoms with E-state index in [2.05, 4.69) is 16.0 Å². The molecule has 0 saturated carbocycles. The van der Waals surface area contributed by atoms with Crippen LogP contribution >= 0.6 is 0 Å². The quantitative estimate of drug-likeness (QED) is 0.731. The van der Waals surface area contributed by atoms with E-state index in [-0.39, 0.29) is 29.2 Å². The van der Waals surface area contributed by atoms with Crippen LogP contribution in [0.3, 0.4) is 0 Å². The minimum absolute atomic E-state index is 0.00104. The van der Waals surface area contributed by atoms with Gasteiger partial charge < -0.3 is 10.2 Å². The Bertz CT molecular complexity index is 773. The number of amides is 2. The van der Waals surface area contributed by atoms with Crippen molar-refractivity contribution < 1.29 is 18.0 Å². The summed E-state index contributed by atoms with van der Waals surface area (Å²) in [4.78, 5) is 25.9. The number of carbonyl (C=O) groups excluding carboxylic acids is 2. The Morgan fingerprint density at radius 2 is 1.84 bits per heavy atom. The van der Waals surface area contributed by atoms with Crippen LogP contribution in [0.15, 0.2) is 29.2 Å². The van der Waals surface area contributed by atoms with E-state index in [4.69, 9.17) is 6.42 Å². The van der Waals surface area contributed by atoms with Gasteiger partial charge in [-0.3, -0.25) is 9.59 Å². The highest BCUT2D eigenvalue weighted by Gasteiger charge is 2.27. The third kappa shape index (κ3) is 4.59. The van der Waals surface area contributed by atoms with Crippen molar-refractivity contribution in [1.82, 2.24) is 14.9 Å². The van der Waals surface area contributed by atoms with Gasteiger partial charge in [0, 0.05) is 31.6 Å². The third-order valence-corrected chi connectivity index (χ3v) is 5.59. The molecule has 134 valence electrons. The minimum Gasteiger partial charge on any atom is -0.359 e. The molecule has 0 unspecified atom stereocenters. The zero-order chi connectivity index (χ0) is 18.4. The van der Waals surface area contributed by atoms with Gasteiger partial charge in [-0.2, -0.15) is 4.72 Å². The number of nitrogens with one attached hydrogen (secondary N) is 2. The molecular formula is C17H21N3O4S. The average Bonchev–Trinajstić information content (AvgIpc) is 2.65. The number of likely N-dealkylation sites (tertiary alicyclic amines) is 1. The molecule has 0 atom stereocenters. The number of sulfonamides is 1. The molecule has 2 amide bonds. The number of hydrogen-bond acceptors (Lipinski definition) is 4. The van der Waals surface area contributed by atoms with E-state index in [0.717, 1.165) is 0 Å². The van der Waals surface area contributed by atoms with Crippen molar-refractivity contribution in [3.8, 4) is 12.3 Å². The highest BCUT2D eigenvalue weighted by Crippen LogP contribution is 2.20. The zero-order valence-electron chi connectivity index (χ0n) is 14.0. The van der Waals surface area contributed by atoms with Crippen LogP contribution < -0.4 is 10.0 Å². The summed E-state index contributed by atoms with van der Waals surface area (Å²) in [5, 5.41) is 2.63. The molecule has 0 aliphatic carbocycles. The summed E-state index contributed by atoms with van der Waals surface area (Å²) in [6.45, 7) is 0.907. The summed E-state index contributed by atoms with van der Waals surface area (Å²) in [5.74, 6) is 1.97. The Balaban J connectivity index is 2.02. The monoisotopic (exact) mass is 363 g/mol. The second-order valence-electron chi connectivity index (χ2n) is 5.73. The molecular weight excluding hydrogens is 342 g/mol. The molecule has 7 nitrogen and oxygen atoms in total. The standard InChI is InChI=1S/C17H21N3O4S/c1-3-10-19-25(23,24)15-6-4-14(5-7-15)17(22)20-11-8-13(9-12-20)16(21)18-2/h1,4-7,13,19H,8-12H2,2H3,(H,18,21). The van der Waals surface area contributed by atoms with E-state index in [1.54, 1.807) is 11.9 Å². The van der Waals surface area contributed by atoms with Crippen LogP contribution in [-0.2, 0) is 14.8 Å². The fourth-order valence-corrected chi connectivity index (χ4v) is 3.66. The van der Waals surface area contributed by atoms with E-state index in [0.29, 0.717) is 31.5 Å². The number of carbonyl (C=O) groups is 2. The van der Waals surface area contributed by atoms with Gasteiger partial charge in [-0.05, 0) is 37.1 Å². The van der Waals surface area contributed by atoms with Crippen LogP contribution in [0.25, 0.3) is 0 Å². The van der Waals surface area contributed by atoms with Gasteiger partial charge >= 0.3 is 0 Å². The maximum Gasteiger partial charge on any atom is 0.253 e. The van der Waals surface area contributed by atoms with Crippen LogP contribution in [0, 0.1) is 18.3 Å². The van der Waals surface area contributed by atoms with Crippen molar-refractivity contribution >= 4 is 21.8 Å². The SMILES string of the molecule is C#CCNS(=O)(=O)c1ccc(C(=O)N2CCC(C(=O)NC)CC2)cc1. The van der Waals surface area contributed by atoms with E-state index in [1.165, 1.54) is 24.3 Å². The van der Waals surface area contributed by atoms with Gasteiger partial charge in [-0.1, -0.05) is 5.92 Å². The number of terminal acetylenes is 1. The van der Waals surface area contributed by atoms with E-state index < -0.39 is 10.0 Å². The summed E-state index contributed by atoms with van der Waals surface area (Å²) in [6.07, 6.45) is 6.28. The van der Waals surface area contributed by atoms with Crippen molar-refractivity contribution in [3.63, 3.8) is 0 Å². The van der Waals surface area contributed by atoms with Gasteiger partial charge in [-0.15, -0.1) is 6.42 Å². The Morgan fingerprint density at radius 3 is 2.36 bits per heavy atom. The second kappa shape index (κ2) is 8.14. The first-order valence-corrected chi connectivity index (χ1v) is 9.41. The number of rotatable bonds is 5. The van der Waals surface area contributed by atoms with Crippen LogP contribution in [0.2, 0.25) is 0 Å². The molecule has 1 aromatic carbocycles. The molecule has 1 aromatic rings. The summed E-state index contributed by atoms with van der Waals surface area (Å²) in [7, 11) is -2.07. The molecule has 25 heavy (non-hydrogen) atoms. The molecule has 2 rings (SSSR count). The van der Waals surface area contributed by atoms with Crippen molar-refractivity contribution in [2.45, 2.75) is 17.7 Å². The molecule has 1 heterocycles. The second-order valence-corrected chi connectivity index (χ2v) is 7.50.